The Kier molecular flexibility index (Phi) is 4.57. The van der Waals surface area contributed by atoms with Crippen molar-refractivity contribution in [2.75, 3.05) is 6.61 Å². The third-order valence-electron chi connectivity index (χ3n) is 1.84. The van der Waals surface area contributed by atoms with Gasteiger partial charge in [0.25, 0.3) is 0 Å². The van der Waals surface area contributed by atoms with Gasteiger partial charge in [-0.05, 0) is 24.6 Å². The molecule has 0 saturated heterocycles. The highest BCUT2D eigenvalue weighted by Crippen LogP contribution is 2.25. The van der Waals surface area contributed by atoms with Crippen molar-refractivity contribution in [2.24, 2.45) is 5.73 Å². The quantitative estimate of drug-likeness (QED) is 0.871. The fourth-order valence-corrected chi connectivity index (χ4v) is 1.90. The van der Waals surface area contributed by atoms with Gasteiger partial charge >= 0.3 is 5.97 Å². The topological polar surface area (TPSA) is 52.3 Å². The first-order valence-electron chi connectivity index (χ1n) is 4.43. The number of rotatable bonds is 3. The van der Waals surface area contributed by atoms with E-state index < -0.39 is 12.0 Å². The van der Waals surface area contributed by atoms with Crippen LogP contribution in [0, 0.1) is 0 Å². The largest absolute Gasteiger partial charge is 0.465 e. The summed E-state index contributed by atoms with van der Waals surface area (Å²) in [7, 11) is 0. The number of carbonyl (C=O) groups is 1. The fraction of sp³-hybridized carbons (Fsp3) is 0.300. The Morgan fingerprint density at radius 3 is 2.87 bits per heavy atom. The highest BCUT2D eigenvalue weighted by molar-refractivity contribution is 9.10. The summed E-state index contributed by atoms with van der Waals surface area (Å²) in [5, 5.41) is 0.449. The molecule has 0 saturated carbocycles. The van der Waals surface area contributed by atoms with Crippen molar-refractivity contribution in [1.29, 1.82) is 0 Å². The summed E-state index contributed by atoms with van der Waals surface area (Å²) in [5.74, 6) is -0.471. The summed E-state index contributed by atoms with van der Waals surface area (Å²) in [4.78, 5) is 11.4. The third-order valence-corrected chi connectivity index (χ3v) is 2.66. The summed E-state index contributed by atoms with van der Waals surface area (Å²) < 4.78 is 5.65. The molecule has 0 aliphatic carbocycles. The molecule has 5 heteroatoms. The smallest absolute Gasteiger partial charge is 0.327 e. The number of hydrogen-bond donors (Lipinski definition) is 1. The van der Waals surface area contributed by atoms with Gasteiger partial charge in [-0.1, -0.05) is 33.6 Å². The van der Waals surface area contributed by atoms with Gasteiger partial charge in [0, 0.05) is 9.50 Å². The summed E-state index contributed by atoms with van der Waals surface area (Å²) >= 11 is 9.22. The van der Waals surface area contributed by atoms with Gasteiger partial charge in [-0.2, -0.15) is 0 Å². The lowest BCUT2D eigenvalue weighted by Crippen LogP contribution is -2.24. The molecular formula is C10H11BrClNO2. The minimum Gasteiger partial charge on any atom is -0.465 e. The van der Waals surface area contributed by atoms with Crippen LogP contribution in [0.3, 0.4) is 0 Å². The van der Waals surface area contributed by atoms with Crippen molar-refractivity contribution in [2.45, 2.75) is 13.0 Å². The van der Waals surface area contributed by atoms with Crippen LogP contribution in [0.2, 0.25) is 5.02 Å². The number of benzene rings is 1. The van der Waals surface area contributed by atoms with Crippen LogP contribution in [0.1, 0.15) is 18.5 Å². The van der Waals surface area contributed by atoms with Gasteiger partial charge in [-0.3, -0.25) is 0 Å². The van der Waals surface area contributed by atoms with E-state index >= 15 is 0 Å². The van der Waals surface area contributed by atoms with Crippen LogP contribution in [0.5, 0.6) is 0 Å². The van der Waals surface area contributed by atoms with E-state index in [0.29, 0.717) is 17.2 Å². The molecule has 0 bridgehead atoms. The van der Waals surface area contributed by atoms with E-state index in [1.165, 1.54) is 0 Å². The molecule has 1 aromatic carbocycles. The van der Waals surface area contributed by atoms with Gasteiger partial charge in [0.05, 0.1) is 6.61 Å². The minimum absolute atomic E-state index is 0.306. The van der Waals surface area contributed by atoms with Crippen molar-refractivity contribution in [3.8, 4) is 0 Å². The molecule has 0 aromatic heterocycles. The lowest BCUT2D eigenvalue weighted by molar-refractivity contribution is -0.144. The zero-order chi connectivity index (χ0) is 11.4. The molecule has 0 aliphatic rings. The fourth-order valence-electron chi connectivity index (χ4n) is 1.11. The number of hydrogen-bond acceptors (Lipinski definition) is 3. The average Bonchev–Trinajstić information content (AvgIpc) is 2.17. The second-order valence-corrected chi connectivity index (χ2v) is 4.22. The van der Waals surface area contributed by atoms with Crippen LogP contribution in [-0.2, 0) is 9.53 Å². The highest BCUT2D eigenvalue weighted by Gasteiger charge is 2.19. The van der Waals surface area contributed by atoms with Crippen LogP contribution < -0.4 is 5.73 Å². The molecule has 15 heavy (non-hydrogen) atoms. The zero-order valence-corrected chi connectivity index (χ0v) is 10.5. The predicted molar refractivity (Wildman–Crippen MR) is 62.7 cm³/mol. The van der Waals surface area contributed by atoms with Crippen LogP contribution in [0.25, 0.3) is 0 Å². The van der Waals surface area contributed by atoms with Gasteiger partial charge in [0.1, 0.15) is 6.04 Å². The van der Waals surface area contributed by atoms with Gasteiger partial charge in [-0.15, -0.1) is 0 Å². The first kappa shape index (κ1) is 12.5. The maximum Gasteiger partial charge on any atom is 0.327 e. The lowest BCUT2D eigenvalue weighted by atomic mass is 10.1. The molecule has 1 rings (SSSR count). The molecule has 0 aliphatic heterocycles. The Morgan fingerprint density at radius 1 is 1.67 bits per heavy atom. The molecule has 0 spiro atoms. The van der Waals surface area contributed by atoms with Gasteiger partial charge in [0.15, 0.2) is 0 Å². The number of nitrogens with two attached hydrogens (primary N) is 1. The first-order chi connectivity index (χ1) is 7.06. The Hall–Kier alpha value is -0.580. The van der Waals surface area contributed by atoms with Crippen LogP contribution >= 0.6 is 27.5 Å². The van der Waals surface area contributed by atoms with E-state index in [9.17, 15) is 4.79 Å². The second-order valence-electron chi connectivity index (χ2n) is 2.90. The van der Waals surface area contributed by atoms with E-state index in [1.54, 1.807) is 25.1 Å². The van der Waals surface area contributed by atoms with Crippen LogP contribution in [0.4, 0.5) is 0 Å². The molecule has 0 fully saturated rings. The number of carbonyl (C=O) groups excluding carboxylic acids is 1. The second kappa shape index (κ2) is 5.49. The van der Waals surface area contributed by atoms with E-state index in [1.807, 2.05) is 0 Å². The van der Waals surface area contributed by atoms with Gasteiger partial charge in [0.2, 0.25) is 0 Å². The number of halogens is 2. The average molecular weight is 293 g/mol. The van der Waals surface area contributed by atoms with Crippen molar-refractivity contribution in [3.63, 3.8) is 0 Å². The monoisotopic (exact) mass is 291 g/mol. The normalized spacial score (nSPS) is 12.3. The SMILES string of the molecule is CCOC(=O)C(N)c1ccc(Br)cc1Cl. The molecular weight excluding hydrogens is 281 g/mol. The molecule has 1 aromatic rings. The zero-order valence-electron chi connectivity index (χ0n) is 8.17. The lowest BCUT2D eigenvalue weighted by Gasteiger charge is -2.12. The minimum atomic E-state index is -0.828. The van der Waals surface area contributed by atoms with Crippen molar-refractivity contribution in [3.05, 3.63) is 33.3 Å². The maximum atomic E-state index is 11.4. The Bertz CT molecular complexity index is 370. The number of ether oxygens (including phenoxy) is 1. The molecule has 82 valence electrons. The highest BCUT2D eigenvalue weighted by atomic mass is 79.9. The molecule has 1 atom stereocenters. The maximum absolute atomic E-state index is 11.4. The van der Waals surface area contributed by atoms with Crippen molar-refractivity contribution in [1.82, 2.24) is 0 Å². The van der Waals surface area contributed by atoms with E-state index in [4.69, 9.17) is 22.1 Å². The van der Waals surface area contributed by atoms with Crippen molar-refractivity contribution >= 4 is 33.5 Å². The standard InChI is InChI=1S/C10H11BrClNO2/c1-2-15-10(14)9(13)7-4-3-6(11)5-8(7)12/h3-5,9H,2,13H2,1H3. The Morgan fingerprint density at radius 2 is 2.33 bits per heavy atom. The van der Waals surface area contributed by atoms with Gasteiger partial charge < -0.3 is 10.5 Å². The summed E-state index contributed by atoms with van der Waals surface area (Å²) in [6, 6.07) is 4.34. The van der Waals surface area contributed by atoms with Gasteiger partial charge in [-0.25, -0.2) is 4.79 Å². The van der Waals surface area contributed by atoms with E-state index in [0.717, 1.165) is 4.47 Å². The summed E-state index contributed by atoms with van der Waals surface area (Å²) in [6.07, 6.45) is 0. The molecule has 0 amide bonds. The molecule has 0 radical (unpaired) electrons. The summed E-state index contributed by atoms with van der Waals surface area (Å²) in [6.45, 7) is 2.04. The molecule has 1 unspecified atom stereocenters. The van der Waals surface area contributed by atoms with Crippen LogP contribution in [0.15, 0.2) is 22.7 Å². The first-order valence-corrected chi connectivity index (χ1v) is 5.60. The molecule has 0 heterocycles. The third kappa shape index (κ3) is 3.19. The van der Waals surface area contributed by atoms with Crippen molar-refractivity contribution < 1.29 is 9.53 Å². The summed E-state index contributed by atoms with van der Waals surface area (Å²) in [5.41, 5.74) is 6.27. The van der Waals surface area contributed by atoms with E-state index in [-0.39, 0.29) is 0 Å². The number of esters is 1. The molecule has 3 nitrogen and oxygen atoms in total. The Balaban J connectivity index is 2.91. The van der Waals surface area contributed by atoms with E-state index in [2.05, 4.69) is 15.9 Å². The van der Waals surface area contributed by atoms with Crippen LogP contribution in [-0.4, -0.2) is 12.6 Å². The predicted octanol–water partition coefficient (Wildman–Crippen LogP) is 2.67. The molecule has 2 N–H and O–H groups in total. The Labute approximate surface area is 102 Å².